The Labute approximate surface area is 102 Å². The SMILES string of the molecule is O=C(O)C1(c2nc3cc(Cl)ccn3n2)CCC1. The minimum atomic E-state index is -0.890. The van der Waals surface area contributed by atoms with E-state index in [4.69, 9.17) is 11.6 Å². The second kappa shape index (κ2) is 3.43. The summed E-state index contributed by atoms with van der Waals surface area (Å²) in [6.45, 7) is 0. The van der Waals surface area contributed by atoms with Crippen molar-refractivity contribution in [3.63, 3.8) is 0 Å². The number of halogens is 1. The third-order valence-electron chi connectivity index (χ3n) is 3.34. The maximum atomic E-state index is 11.3. The van der Waals surface area contributed by atoms with Gasteiger partial charge in [-0.05, 0) is 18.9 Å². The first-order valence-corrected chi connectivity index (χ1v) is 5.75. The number of aromatic nitrogens is 3. The van der Waals surface area contributed by atoms with Gasteiger partial charge in [0.05, 0.1) is 0 Å². The highest BCUT2D eigenvalue weighted by atomic mass is 35.5. The maximum Gasteiger partial charge on any atom is 0.317 e. The lowest BCUT2D eigenvalue weighted by atomic mass is 9.68. The molecule has 1 aliphatic rings. The Morgan fingerprint density at radius 3 is 2.88 bits per heavy atom. The summed E-state index contributed by atoms with van der Waals surface area (Å²) >= 11 is 5.86. The fourth-order valence-corrected chi connectivity index (χ4v) is 2.28. The van der Waals surface area contributed by atoms with Crippen LogP contribution in [0, 0.1) is 0 Å². The Balaban J connectivity index is 2.14. The molecule has 0 amide bonds. The molecule has 0 spiro atoms. The van der Waals surface area contributed by atoms with Gasteiger partial charge in [0.2, 0.25) is 0 Å². The van der Waals surface area contributed by atoms with E-state index in [0.29, 0.717) is 29.3 Å². The summed E-state index contributed by atoms with van der Waals surface area (Å²) in [5, 5.41) is 14.1. The van der Waals surface area contributed by atoms with E-state index >= 15 is 0 Å². The summed E-state index contributed by atoms with van der Waals surface area (Å²) < 4.78 is 1.56. The zero-order valence-electron chi connectivity index (χ0n) is 8.93. The molecule has 0 aromatic carbocycles. The average molecular weight is 252 g/mol. The summed E-state index contributed by atoms with van der Waals surface area (Å²) in [7, 11) is 0. The molecule has 3 rings (SSSR count). The molecule has 5 nitrogen and oxygen atoms in total. The van der Waals surface area contributed by atoms with Gasteiger partial charge in [0.25, 0.3) is 0 Å². The standard InChI is InChI=1S/C11H10ClN3O2/c12-7-2-5-15-8(6-7)13-9(14-15)11(10(16)17)3-1-4-11/h2,5-6H,1,3-4H2,(H,16,17). The van der Waals surface area contributed by atoms with E-state index in [2.05, 4.69) is 10.1 Å². The molecule has 6 heteroatoms. The van der Waals surface area contributed by atoms with Crippen molar-refractivity contribution < 1.29 is 9.90 Å². The minimum absolute atomic E-state index is 0.388. The number of carboxylic acid groups (broad SMARTS) is 1. The van der Waals surface area contributed by atoms with Crippen molar-refractivity contribution >= 4 is 23.2 Å². The first kappa shape index (κ1) is 10.5. The lowest BCUT2D eigenvalue weighted by molar-refractivity contribution is -0.147. The number of carbonyl (C=O) groups is 1. The summed E-state index contributed by atoms with van der Waals surface area (Å²) in [6, 6.07) is 3.37. The molecule has 1 fully saturated rings. The number of hydrogen-bond acceptors (Lipinski definition) is 3. The summed E-state index contributed by atoms with van der Waals surface area (Å²) in [5.41, 5.74) is -0.307. The van der Waals surface area contributed by atoms with E-state index in [1.54, 1.807) is 22.8 Å². The Kier molecular flexibility index (Phi) is 2.13. The molecular weight excluding hydrogens is 242 g/mol. The molecule has 0 aliphatic heterocycles. The number of pyridine rings is 1. The minimum Gasteiger partial charge on any atom is -0.480 e. The summed E-state index contributed by atoms with van der Waals surface area (Å²) in [6.07, 6.45) is 3.80. The molecule has 0 saturated heterocycles. The second-order valence-corrected chi connectivity index (χ2v) is 4.76. The molecule has 2 heterocycles. The molecule has 0 bridgehead atoms. The molecule has 0 radical (unpaired) electrons. The molecule has 1 aliphatic carbocycles. The van der Waals surface area contributed by atoms with Crippen molar-refractivity contribution in [3.05, 3.63) is 29.2 Å². The zero-order chi connectivity index (χ0) is 12.0. The van der Waals surface area contributed by atoms with Gasteiger partial charge in [-0.15, -0.1) is 0 Å². The van der Waals surface area contributed by atoms with E-state index in [0.717, 1.165) is 6.42 Å². The van der Waals surface area contributed by atoms with Crippen LogP contribution in [0.5, 0.6) is 0 Å². The van der Waals surface area contributed by atoms with Gasteiger partial charge < -0.3 is 5.11 Å². The lowest BCUT2D eigenvalue weighted by Gasteiger charge is -2.34. The van der Waals surface area contributed by atoms with Gasteiger partial charge in [-0.1, -0.05) is 18.0 Å². The molecule has 1 saturated carbocycles. The smallest absolute Gasteiger partial charge is 0.317 e. The number of carboxylic acids is 1. The van der Waals surface area contributed by atoms with Crippen LogP contribution in [0.1, 0.15) is 25.1 Å². The molecule has 17 heavy (non-hydrogen) atoms. The van der Waals surface area contributed by atoms with Crippen LogP contribution in [0.4, 0.5) is 0 Å². The predicted molar refractivity (Wildman–Crippen MR) is 61.2 cm³/mol. The van der Waals surface area contributed by atoms with Crippen LogP contribution < -0.4 is 0 Å². The van der Waals surface area contributed by atoms with Gasteiger partial charge >= 0.3 is 5.97 Å². The lowest BCUT2D eigenvalue weighted by Crippen LogP contribution is -2.43. The van der Waals surface area contributed by atoms with Crippen molar-refractivity contribution in [1.82, 2.24) is 14.6 Å². The zero-order valence-corrected chi connectivity index (χ0v) is 9.68. The van der Waals surface area contributed by atoms with Gasteiger partial charge in [-0.25, -0.2) is 9.50 Å². The Hall–Kier alpha value is -1.62. The summed E-state index contributed by atoms with van der Waals surface area (Å²) in [5.74, 6) is -0.454. The van der Waals surface area contributed by atoms with Crippen LogP contribution in [-0.4, -0.2) is 25.7 Å². The van der Waals surface area contributed by atoms with E-state index < -0.39 is 11.4 Å². The van der Waals surface area contributed by atoms with Crippen molar-refractivity contribution in [3.8, 4) is 0 Å². The topological polar surface area (TPSA) is 67.5 Å². The van der Waals surface area contributed by atoms with Gasteiger partial charge in [0.1, 0.15) is 5.41 Å². The van der Waals surface area contributed by atoms with Crippen molar-refractivity contribution in [1.29, 1.82) is 0 Å². The molecular formula is C11H10ClN3O2. The molecule has 1 N–H and O–H groups in total. The normalized spacial score (nSPS) is 17.9. The average Bonchev–Trinajstić information content (AvgIpc) is 2.57. The highest BCUT2D eigenvalue weighted by Gasteiger charge is 2.49. The third-order valence-corrected chi connectivity index (χ3v) is 3.58. The van der Waals surface area contributed by atoms with Crippen LogP contribution in [0.15, 0.2) is 18.3 Å². The highest BCUT2D eigenvalue weighted by molar-refractivity contribution is 6.30. The van der Waals surface area contributed by atoms with Crippen LogP contribution >= 0.6 is 11.6 Å². The van der Waals surface area contributed by atoms with Crippen molar-refractivity contribution in [2.24, 2.45) is 0 Å². The number of nitrogens with zero attached hydrogens (tertiary/aromatic N) is 3. The van der Waals surface area contributed by atoms with Crippen molar-refractivity contribution in [2.45, 2.75) is 24.7 Å². The first-order valence-electron chi connectivity index (χ1n) is 5.38. The number of rotatable bonds is 2. The van der Waals surface area contributed by atoms with E-state index in [1.165, 1.54) is 0 Å². The van der Waals surface area contributed by atoms with Crippen LogP contribution in [0.2, 0.25) is 5.02 Å². The molecule has 2 aromatic heterocycles. The van der Waals surface area contributed by atoms with Crippen LogP contribution in [0.25, 0.3) is 5.65 Å². The quantitative estimate of drug-likeness (QED) is 0.885. The second-order valence-electron chi connectivity index (χ2n) is 4.32. The van der Waals surface area contributed by atoms with E-state index in [-0.39, 0.29) is 0 Å². The van der Waals surface area contributed by atoms with Gasteiger partial charge in [0.15, 0.2) is 11.5 Å². The Morgan fingerprint density at radius 1 is 1.53 bits per heavy atom. The first-order chi connectivity index (χ1) is 8.12. The summed E-state index contributed by atoms with van der Waals surface area (Å²) in [4.78, 5) is 15.6. The molecule has 2 aromatic rings. The fourth-order valence-electron chi connectivity index (χ4n) is 2.12. The number of fused-ring (bicyclic) bond motifs is 1. The van der Waals surface area contributed by atoms with Crippen LogP contribution in [0.3, 0.4) is 0 Å². The largest absolute Gasteiger partial charge is 0.480 e. The van der Waals surface area contributed by atoms with Crippen molar-refractivity contribution in [2.75, 3.05) is 0 Å². The highest BCUT2D eigenvalue weighted by Crippen LogP contribution is 2.42. The van der Waals surface area contributed by atoms with Gasteiger partial charge in [0, 0.05) is 17.3 Å². The fraction of sp³-hybridized carbons (Fsp3) is 0.364. The predicted octanol–water partition coefficient (Wildman–Crippen LogP) is 1.89. The van der Waals surface area contributed by atoms with Gasteiger partial charge in [-0.3, -0.25) is 4.79 Å². The Bertz CT molecular complexity index is 604. The Morgan fingerprint density at radius 2 is 2.29 bits per heavy atom. The maximum absolute atomic E-state index is 11.3. The number of hydrogen-bond donors (Lipinski definition) is 1. The molecule has 0 unspecified atom stereocenters. The number of aliphatic carboxylic acids is 1. The molecule has 88 valence electrons. The van der Waals surface area contributed by atoms with Gasteiger partial charge in [-0.2, -0.15) is 5.10 Å². The van der Waals surface area contributed by atoms with E-state index in [1.807, 2.05) is 0 Å². The van der Waals surface area contributed by atoms with Crippen LogP contribution in [-0.2, 0) is 10.2 Å². The monoisotopic (exact) mass is 251 g/mol. The molecule has 0 atom stereocenters. The van der Waals surface area contributed by atoms with E-state index in [9.17, 15) is 9.90 Å². The third kappa shape index (κ3) is 1.42.